The number of halogens is 3. The van der Waals surface area contributed by atoms with Crippen LogP contribution in [0.2, 0.25) is 5.02 Å². The smallest absolute Gasteiger partial charge is 0.252 e. The number of carbonyl (C=O) groups excluding carboxylic acids is 1. The van der Waals surface area contributed by atoms with Crippen molar-refractivity contribution in [3.05, 3.63) is 34.6 Å². The molecule has 1 unspecified atom stereocenters. The second-order valence-electron chi connectivity index (χ2n) is 5.70. The van der Waals surface area contributed by atoms with Crippen LogP contribution in [-0.2, 0) is 0 Å². The summed E-state index contributed by atoms with van der Waals surface area (Å²) in [6.07, 6.45) is 0.784. The quantitative estimate of drug-likeness (QED) is 0.828. The molecule has 1 aromatic carbocycles. The monoisotopic (exact) mass is 305 g/mol. The molecule has 0 heterocycles. The van der Waals surface area contributed by atoms with Crippen molar-refractivity contribution in [3.8, 4) is 0 Å². The van der Waals surface area contributed by atoms with E-state index in [1.807, 2.05) is 0 Å². The second-order valence-corrected chi connectivity index (χ2v) is 6.72. The summed E-state index contributed by atoms with van der Waals surface area (Å²) in [4.78, 5) is 11.9. The predicted molar refractivity (Wildman–Crippen MR) is 77.5 cm³/mol. The van der Waals surface area contributed by atoms with Crippen molar-refractivity contribution in [2.75, 3.05) is 6.54 Å². The summed E-state index contributed by atoms with van der Waals surface area (Å²) in [5.41, 5.74) is 0.354. The molecule has 2 nitrogen and oxygen atoms in total. The first kappa shape index (κ1) is 16.3. The SMILES string of the molecule is CC(C)(C)CC(Cl)CNC(=O)c1ccc(F)cc1Cl. The summed E-state index contributed by atoms with van der Waals surface area (Å²) in [6.45, 7) is 6.61. The minimum atomic E-state index is -0.468. The van der Waals surface area contributed by atoms with E-state index in [1.165, 1.54) is 12.1 Å². The lowest BCUT2D eigenvalue weighted by Crippen LogP contribution is -2.31. The van der Waals surface area contributed by atoms with Crippen LogP contribution in [0.25, 0.3) is 0 Å². The highest BCUT2D eigenvalue weighted by Gasteiger charge is 2.18. The van der Waals surface area contributed by atoms with Crippen LogP contribution in [0.15, 0.2) is 18.2 Å². The first-order chi connectivity index (χ1) is 8.69. The fourth-order valence-electron chi connectivity index (χ4n) is 1.71. The lowest BCUT2D eigenvalue weighted by molar-refractivity contribution is 0.0952. The lowest BCUT2D eigenvalue weighted by atomic mass is 9.90. The second kappa shape index (κ2) is 6.58. The minimum Gasteiger partial charge on any atom is -0.351 e. The van der Waals surface area contributed by atoms with Gasteiger partial charge in [-0.1, -0.05) is 32.4 Å². The Morgan fingerprint density at radius 1 is 1.42 bits per heavy atom. The van der Waals surface area contributed by atoms with E-state index >= 15 is 0 Å². The number of amides is 1. The van der Waals surface area contributed by atoms with E-state index in [-0.39, 0.29) is 27.3 Å². The molecule has 0 radical (unpaired) electrons. The standard InChI is InChI=1S/C14H18Cl2FNO/c1-14(2,3)7-9(15)8-18-13(19)11-5-4-10(17)6-12(11)16/h4-6,9H,7-8H2,1-3H3,(H,18,19). The van der Waals surface area contributed by atoms with Crippen LogP contribution in [0.4, 0.5) is 4.39 Å². The van der Waals surface area contributed by atoms with E-state index in [0.29, 0.717) is 6.54 Å². The Balaban J connectivity index is 2.56. The van der Waals surface area contributed by atoms with Gasteiger partial charge in [-0.25, -0.2) is 4.39 Å². The maximum atomic E-state index is 12.9. The van der Waals surface area contributed by atoms with Gasteiger partial charge < -0.3 is 5.32 Å². The van der Waals surface area contributed by atoms with Crippen molar-refractivity contribution in [2.24, 2.45) is 5.41 Å². The van der Waals surface area contributed by atoms with Crippen molar-refractivity contribution in [2.45, 2.75) is 32.6 Å². The van der Waals surface area contributed by atoms with Gasteiger partial charge in [-0.2, -0.15) is 0 Å². The molecule has 1 atom stereocenters. The summed E-state index contributed by atoms with van der Waals surface area (Å²) in [5.74, 6) is -0.811. The highest BCUT2D eigenvalue weighted by Crippen LogP contribution is 2.23. The maximum Gasteiger partial charge on any atom is 0.252 e. The summed E-state index contributed by atoms with van der Waals surface area (Å²) < 4.78 is 12.9. The fraction of sp³-hybridized carbons (Fsp3) is 0.500. The average Bonchev–Trinajstić information content (AvgIpc) is 2.23. The average molecular weight is 306 g/mol. The Morgan fingerprint density at radius 3 is 2.58 bits per heavy atom. The number of carbonyl (C=O) groups is 1. The molecule has 1 amide bonds. The Hall–Kier alpha value is -0.800. The number of benzene rings is 1. The first-order valence-electron chi connectivity index (χ1n) is 6.06. The van der Waals surface area contributed by atoms with Crippen molar-refractivity contribution < 1.29 is 9.18 Å². The molecule has 1 N–H and O–H groups in total. The van der Waals surface area contributed by atoms with Gasteiger partial charge in [-0.3, -0.25) is 4.79 Å². The summed E-state index contributed by atoms with van der Waals surface area (Å²) in [7, 11) is 0. The Bertz CT molecular complexity index is 457. The molecule has 0 bridgehead atoms. The van der Waals surface area contributed by atoms with Crippen LogP contribution in [0.5, 0.6) is 0 Å². The van der Waals surface area contributed by atoms with Crippen LogP contribution in [0.3, 0.4) is 0 Å². The van der Waals surface area contributed by atoms with E-state index in [4.69, 9.17) is 23.2 Å². The molecule has 0 aliphatic carbocycles. The molecule has 106 valence electrons. The Morgan fingerprint density at radius 2 is 2.05 bits per heavy atom. The largest absolute Gasteiger partial charge is 0.351 e. The summed E-state index contributed by atoms with van der Waals surface area (Å²) >= 11 is 12.0. The zero-order valence-electron chi connectivity index (χ0n) is 11.3. The van der Waals surface area contributed by atoms with Crippen molar-refractivity contribution in [1.29, 1.82) is 0 Å². The van der Waals surface area contributed by atoms with Gasteiger partial charge >= 0.3 is 0 Å². The molecule has 0 saturated carbocycles. The first-order valence-corrected chi connectivity index (χ1v) is 6.88. The van der Waals surface area contributed by atoms with Crippen LogP contribution < -0.4 is 5.32 Å². The number of nitrogens with one attached hydrogen (secondary N) is 1. The van der Waals surface area contributed by atoms with Gasteiger partial charge in [0.15, 0.2) is 0 Å². The van der Waals surface area contributed by atoms with Gasteiger partial charge in [-0.05, 0) is 30.0 Å². The Labute approximate surface area is 123 Å². The molecule has 1 rings (SSSR count). The van der Waals surface area contributed by atoms with Gasteiger partial charge in [0.2, 0.25) is 0 Å². The van der Waals surface area contributed by atoms with E-state index in [9.17, 15) is 9.18 Å². The normalized spacial score (nSPS) is 13.2. The molecule has 0 aromatic heterocycles. The fourth-order valence-corrected chi connectivity index (χ4v) is 2.50. The number of hydrogen-bond acceptors (Lipinski definition) is 1. The van der Waals surface area contributed by atoms with Gasteiger partial charge in [0.25, 0.3) is 5.91 Å². The molecule has 0 spiro atoms. The maximum absolute atomic E-state index is 12.9. The highest BCUT2D eigenvalue weighted by molar-refractivity contribution is 6.33. The molecule has 0 saturated heterocycles. The molecule has 0 aliphatic rings. The van der Waals surface area contributed by atoms with Crippen LogP contribution in [-0.4, -0.2) is 17.8 Å². The van der Waals surface area contributed by atoms with Gasteiger partial charge in [0.1, 0.15) is 5.82 Å². The Kier molecular flexibility index (Phi) is 5.63. The van der Waals surface area contributed by atoms with Crippen LogP contribution in [0.1, 0.15) is 37.6 Å². The van der Waals surface area contributed by atoms with Gasteiger partial charge in [0, 0.05) is 6.54 Å². The minimum absolute atomic E-state index is 0.0967. The molecule has 5 heteroatoms. The predicted octanol–water partition coefficient (Wildman–Crippen LogP) is 4.25. The van der Waals surface area contributed by atoms with E-state index in [1.54, 1.807) is 0 Å². The third kappa shape index (κ3) is 5.79. The zero-order valence-corrected chi connectivity index (χ0v) is 12.8. The lowest BCUT2D eigenvalue weighted by Gasteiger charge is -2.22. The molecule has 0 fully saturated rings. The molecular formula is C14H18Cl2FNO. The number of alkyl halides is 1. The van der Waals surface area contributed by atoms with Crippen LogP contribution in [0, 0.1) is 11.2 Å². The third-order valence-corrected chi connectivity index (χ3v) is 3.12. The van der Waals surface area contributed by atoms with E-state index in [0.717, 1.165) is 12.5 Å². The molecule has 0 aliphatic heterocycles. The van der Waals surface area contributed by atoms with Crippen molar-refractivity contribution >= 4 is 29.1 Å². The van der Waals surface area contributed by atoms with Crippen LogP contribution >= 0.6 is 23.2 Å². The summed E-state index contributed by atoms with van der Waals surface area (Å²) in [6, 6.07) is 3.68. The van der Waals surface area contributed by atoms with Crippen molar-refractivity contribution in [1.82, 2.24) is 5.32 Å². The summed E-state index contributed by atoms with van der Waals surface area (Å²) in [5, 5.41) is 2.65. The number of hydrogen-bond donors (Lipinski definition) is 1. The van der Waals surface area contributed by atoms with E-state index in [2.05, 4.69) is 26.1 Å². The third-order valence-electron chi connectivity index (χ3n) is 2.49. The van der Waals surface area contributed by atoms with Crippen molar-refractivity contribution in [3.63, 3.8) is 0 Å². The topological polar surface area (TPSA) is 29.1 Å². The molecule has 1 aromatic rings. The van der Waals surface area contributed by atoms with E-state index < -0.39 is 5.82 Å². The molecule has 19 heavy (non-hydrogen) atoms. The van der Waals surface area contributed by atoms with Gasteiger partial charge in [0.05, 0.1) is 16.0 Å². The van der Waals surface area contributed by atoms with Gasteiger partial charge in [-0.15, -0.1) is 11.6 Å². The highest BCUT2D eigenvalue weighted by atomic mass is 35.5. The number of rotatable bonds is 4. The molecular weight excluding hydrogens is 288 g/mol. The zero-order chi connectivity index (χ0) is 14.6.